The zero-order valence-electron chi connectivity index (χ0n) is 41.4. The highest BCUT2D eigenvalue weighted by atomic mass is 16.7. The molecule has 0 aromatic carbocycles. The summed E-state index contributed by atoms with van der Waals surface area (Å²) in [5.74, 6) is -6.63. The quantitative estimate of drug-likeness (QED) is 0.159. The number of ether oxygens (including phenoxy) is 5. The van der Waals surface area contributed by atoms with Crippen LogP contribution in [0.5, 0.6) is 0 Å². The molecule has 13 N–H and O–H groups in total. The molecule has 0 radical (unpaired) electrons. The van der Waals surface area contributed by atoms with Crippen molar-refractivity contribution in [3.8, 4) is 0 Å². The first-order valence-corrected chi connectivity index (χ1v) is 24.4. The van der Waals surface area contributed by atoms with Gasteiger partial charge in [0.15, 0.2) is 12.1 Å². The second-order valence-corrected chi connectivity index (χ2v) is 18.8. The van der Waals surface area contributed by atoms with E-state index in [1.54, 1.807) is 80.7 Å². The molecule has 71 heavy (non-hydrogen) atoms. The van der Waals surface area contributed by atoms with E-state index >= 15 is 0 Å². The van der Waals surface area contributed by atoms with Crippen molar-refractivity contribution in [3.63, 3.8) is 0 Å². The van der Waals surface area contributed by atoms with E-state index in [9.17, 15) is 65.4 Å². The van der Waals surface area contributed by atoms with Crippen molar-refractivity contribution in [2.75, 3.05) is 13.7 Å². The van der Waals surface area contributed by atoms with Gasteiger partial charge in [-0.15, -0.1) is 0 Å². The van der Waals surface area contributed by atoms with Gasteiger partial charge in [0, 0.05) is 50.5 Å². The van der Waals surface area contributed by atoms with Crippen LogP contribution in [-0.4, -0.2) is 180 Å². The molecule has 0 saturated carbocycles. The van der Waals surface area contributed by atoms with Crippen molar-refractivity contribution < 1.29 is 89.1 Å². The van der Waals surface area contributed by atoms with Gasteiger partial charge in [-0.3, -0.25) is 14.4 Å². The number of nitrogens with one attached hydrogen (secondary N) is 1. The van der Waals surface area contributed by atoms with Crippen LogP contribution >= 0.6 is 0 Å². The summed E-state index contributed by atoms with van der Waals surface area (Å²) in [6.07, 6.45) is 3.12. The first-order chi connectivity index (χ1) is 33.6. The highest BCUT2D eigenvalue weighted by Gasteiger charge is 2.51. The second-order valence-electron chi connectivity index (χ2n) is 18.8. The average Bonchev–Trinajstić information content (AvgIpc) is 3.29. The average molecular weight is 1010 g/mol. The summed E-state index contributed by atoms with van der Waals surface area (Å²) in [4.78, 5) is 38.3. The number of esters is 2. The largest absolute Gasteiger partial charge is 0.469 e. The van der Waals surface area contributed by atoms with E-state index in [2.05, 4.69) is 5.32 Å². The third kappa shape index (κ3) is 20.8. The van der Waals surface area contributed by atoms with Gasteiger partial charge in [-0.05, 0) is 33.1 Å². The van der Waals surface area contributed by atoms with Crippen LogP contribution in [0.1, 0.15) is 85.5 Å². The molecule has 3 aliphatic heterocycles. The minimum atomic E-state index is -2.32. The zero-order valence-corrected chi connectivity index (χ0v) is 41.4. The van der Waals surface area contributed by atoms with E-state index < -0.39 is 153 Å². The van der Waals surface area contributed by atoms with Crippen LogP contribution in [0.3, 0.4) is 0 Å². The molecule has 0 unspecified atom stereocenters. The monoisotopic (exact) mass is 1010 g/mol. The van der Waals surface area contributed by atoms with Crippen LogP contribution in [0.4, 0.5) is 0 Å². The molecule has 3 rings (SSSR count). The van der Waals surface area contributed by atoms with E-state index in [1.807, 2.05) is 19.1 Å². The number of methoxy groups -OCH3 is 1. The van der Waals surface area contributed by atoms with Gasteiger partial charge in [0.2, 0.25) is 5.91 Å². The highest BCUT2D eigenvalue weighted by Crippen LogP contribution is 2.38. The minimum absolute atomic E-state index is 0.0158. The minimum Gasteiger partial charge on any atom is -0.469 e. The number of aliphatic hydroxyl groups is 10. The maximum atomic E-state index is 13.2. The number of fused-ring (bicyclic) bond motifs is 2. The number of carbonyl (C=O) groups is 3. The van der Waals surface area contributed by atoms with Crippen molar-refractivity contribution in [2.24, 2.45) is 23.5 Å². The Labute approximate surface area is 416 Å². The van der Waals surface area contributed by atoms with Crippen LogP contribution in [-0.2, 0) is 38.1 Å². The molecule has 0 aromatic rings. The molecule has 20 nitrogen and oxygen atoms in total. The van der Waals surface area contributed by atoms with Gasteiger partial charge in [-0.1, -0.05) is 98.9 Å². The Morgan fingerprint density at radius 3 is 1.89 bits per heavy atom. The fraction of sp³-hybridized carbons (Fsp3) is 0.667. The topological polar surface area (TPSA) is 338 Å². The predicted molar refractivity (Wildman–Crippen MR) is 259 cm³/mol. The van der Waals surface area contributed by atoms with Crippen molar-refractivity contribution in [3.05, 3.63) is 85.1 Å². The first kappa shape index (κ1) is 61.3. The Kier molecular flexibility index (Phi) is 26.7. The summed E-state index contributed by atoms with van der Waals surface area (Å²) in [6, 6.07) is -1.24. The predicted octanol–water partition coefficient (Wildman–Crippen LogP) is 0.306. The smallest absolute Gasteiger partial charge is 0.313 e. The number of amides is 1. The van der Waals surface area contributed by atoms with Crippen LogP contribution in [0, 0.1) is 17.8 Å². The maximum absolute atomic E-state index is 13.2. The molecule has 2 bridgehead atoms. The molecule has 0 spiro atoms. The molecule has 0 aromatic heterocycles. The molecule has 3 heterocycles. The van der Waals surface area contributed by atoms with Crippen LogP contribution in [0.15, 0.2) is 85.1 Å². The van der Waals surface area contributed by atoms with Crippen molar-refractivity contribution in [2.45, 2.75) is 183 Å². The summed E-state index contributed by atoms with van der Waals surface area (Å²) >= 11 is 0. The Hall–Kier alpha value is -3.97. The fourth-order valence-electron chi connectivity index (χ4n) is 8.62. The number of carbonyl (C=O) groups excluding carboxylic acids is 3. The zero-order chi connectivity index (χ0) is 52.8. The third-order valence-electron chi connectivity index (χ3n) is 12.9. The van der Waals surface area contributed by atoms with Gasteiger partial charge in [0.25, 0.3) is 0 Å². The molecular weight excluding hydrogens is 929 g/mol. The number of allylic oxidation sites excluding steroid dienone is 12. The Balaban J connectivity index is 1.93. The molecule has 20 heteroatoms. The van der Waals surface area contributed by atoms with Gasteiger partial charge < -0.3 is 85.8 Å². The number of cyclic esters (lactones) is 1. The van der Waals surface area contributed by atoms with Gasteiger partial charge in [-0.25, -0.2) is 0 Å². The Bertz CT molecular complexity index is 1840. The molecular formula is C51H80N2O18. The third-order valence-corrected chi connectivity index (χ3v) is 12.9. The van der Waals surface area contributed by atoms with E-state index in [4.69, 9.17) is 29.4 Å². The first-order valence-electron chi connectivity index (χ1n) is 24.4. The fourth-order valence-corrected chi connectivity index (χ4v) is 8.62. The van der Waals surface area contributed by atoms with Gasteiger partial charge in [0.05, 0.1) is 80.6 Å². The second kappa shape index (κ2) is 30.9. The normalized spacial score (nSPS) is 42.5. The molecule has 402 valence electrons. The van der Waals surface area contributed by atoms with Crippen molar-refractivity contribution in [1.82, 2.24) is 5.32 Å². The van der Waals surface area contributed by atoms with Gasteiger partial charge in [-0.2, -0.15) is 0 Å². The molecule has 1 amide bonds. The lowest BCUT2D eigenvalue weighted by molar-refractivity contribution is -0.309. The van der Waals surface area contributed by atoms with E-state index in [-0.39, 0.29) is 44.6 Å². The van der Waals surface area contributed by atoms with Crippen molar-refractivity contribution in [1.29, 1.82) is 0 Å². The number of hydrogen-bond donors (Lipinski definition) is 12. The number of rotatable bonds is 6. The lowest BCUT2D eigenvalue weighted by Crippen LogP contribution is -2.64. The Morgan fingerprint density at radius 1 is 0.704 bits per heavy atom. The van der Waals surface area contributed by atoms with Crippen LogP contribution in [0.2, 0.25) is 0 Å². The van der Waals surface area contributed by atoms with Crippen LogP contribution < -0.4 is 11.1 Å². The number of nitrogens with two attached hydrogens (primary N) is 1. The summed E-state index contributed by atoms with van der Waals surface area (Å²) in [5, 5.41) is 113. The molecule has 19 atom stereocenters. The van der Waals surface area contributed by atoms with Gasteiger partial charge >= 0.3 is 11.9 Å². The number of aliphatic hydroxyl groups excluding tert-OH is 9. The molecule has 2 saturated heterocycles. The SMILES string of the molecule is COC(=O)[C@H]1[C@@H]2C[C@@H](O[C@@H]3O[C@H](C)[C@@H](O)[C@H](NC(=O)CCN)[C@@H]3O)/C=C/C=C/C=C/C=C/C=C/C=C/C=C/[C@H](C)[C@@H](O)[C@@H](C)[C@H](C)OC(=O)C[C@H](O)C[C@H](O)CC[C@@H](O)[C@H](O)C[C@H](O)C[C@](O)(C[C@@H]1O)O2. The molecule has 2 fully saturated rings. The lowest BCUT2D eigenvalue weighted by atomic mass is 9.82. The Morgan fingerprint density at radius 2 is 1.30 bits per heavy atom. The lowest BCUT2D eigenvalue weighted by Gasteiger charge is -2.45. The molecule has 3 aliphatic rings. The van der Waals surface area contributed by atoms with Crippen LogP contribution in [0.25, 0.3) is 0 Å². The summed E-state index contributed by atoms with van der Waals surface area (Å²) < 4.78 is 28.7. The molecule has 0 aliphatic carbocycles. The summed E-state index contributed by atoms with van der Waals surface area (Å²) in [7, 11) is 1.10. The number of hydrogen-bond acceptors (Lipinski definition) is 19. The van der Waals surface area contributed by atoms with E-state index in [1.165, 1.54) is 13.0 Å². The summed E-state index contributed by atoms with van der Waals surface area (Å²) in [5.41, 5.74) is 5.52. The van der Waals surface area contributed by atoms with E-state index in [0.29, 0.717) is 0 Å². The van der Waals surface area contributed by atoms with Gasteiger partial charge in [0.1, 0.15) is 24.2 Å². The van der Waals surface area contributed by atoms with Crippen molar-refractivity contribution >= 4 is 17.8 Å². The standard InChI is InChI=1S/C51H80N2O18/c1-30-18-16-14-12-10-8-6-7-9-11-13-15-17-19-37(70-50-48(64)45(47(63)33(4)69-50)53-42(60)22-23-52)27-41-44(49(65)67-5)40(59)29-51(66,71-41)28-36(56)25-39(58)38(57)21-20-34(54)24-35(55)26-43(61)68-32(3)31(2)46(30)62/h6-19,30-41,44-48,50,54-59,62-64,66H,20-29,52H2,1-5H3,(H,53,60)/b7-6+,10-8+,11-9+,14-12+,15-13+,18-16+,19-17+/t30-,31-,32-,33+,34+,35+,36-,37-,38+,39+,40-,41-,44+,45-,46+,47+,48-,50-,51+/m0/s1. The highest BCUT2D eigenvalue weighted by molar-refractivity contribution is 5.76. The van der Waals surface area contributed by atoms with E-state index in [0.717, 1.165) is 7.11 Å². The maximum Gasteiger partial charge on any atom is 0.313 e. The summed E-state index contributed by atoms with van der Waals surface area (Å²) in [6.45, 7) is 6.74.